The van der Waals surface area contributed by atoms with E-state index in [4.69, 9.17) is 0 Å². The monoisotopic (exact) mass is 573 g/mol. The molecular weight excluding hydrogens is 544 g/mol. The van der Waals surface area contributed by atoms with Crippen molar-refractivity contribution in [1.29, 1.82) is 0 Å². The molecule has 2 aliphatic rings. The highest BCUT2D eigenvalue weighted by molar-refractivity contribution is 6.18. The molecule has 216 valence electrons. The van der Waals surface area contributed by atoms with Gasteiger partial charge in [-0.25, -0.2) is 23.5 Å². The number of rotatable bonds is 4. The Hall–Kier alpha value is -4.58. The van der Waals surface area contributed by atoms with E-state index < -0.39 is 23.0 Å². The van der Waals surface area contributed by atoms with Crippen LogP contribution in [0.2, 0.25) is 0 Å². The number of likely N-dealkylation sites (tertiary alicyclic amines) is 1. The second-order valence-electron chi connectivity index (χ2n) is 11.6. The summed E-state index contributed by atoms with van der Waals surface area (Å²) in [7, 11) is 5.38. The number of benzene rings is 1. The average molecular weight is 574 g/mol. The molecule has 4 aromatic heterocycles. The zero-order chi connectivity index (χ0) is 29.5. The predicted molar refractivity (Wildman–Crippen MR) is 157 cm³/mol. The second kappa shape index (κ2) is 9.21. The summed E-state index contributed by atoms with van der Waals surface area (Å²) in [4.78, 5) is 41.8. The second-order valence-corrected chi connectivity index (χ2v) is 11.6. The van der Waals surface area contributed by atoms with Gasteiger partial charge < -0.3 is 29.8 Å². The molecule has 2 aliphatic heterocycles. The Morgan fingerprint density at radius 1 is 1.10 bits per heavy atom. The van der Waals surface area contributed by atoms with Crippen LogP contribution in [0.25, 0.3) is 44.1 Å². The molecule has 12 heteroatoms. The molecule has 2 fully saturated rings. The van der Waals surface area contributed by atoms with Crippen molar-refractivity contribution < 1.29 is 18.7 Å². The molecule has 42 heavy (non-hydrogen) atoms. The fourth-order valence-electron chi connectivity index (χ4n) is 6.96. The minimum atomic E-state index is -1.33. The number of halogens is 2. The van der Waals surface area contributed by atoms with Crippen LogP contribution in [0, 0.1) is 17.0 Å². The molecule has 1 aromatic carbocycles. The van der Waals surface area contributed by atoms with E-state index in [9.17, 15) is 19.1 Å². The van der Waals surface area contributed by atoms with E-state index in [1.54, 1.807) is 32.6 Å². The number of carboxylic acids is 1. The minimum absolute atomic E-state index is 0.0710. The van der Waals surface area contributed by atoms with E-state index in [0.717, 1.165) is 38.5 Å². The van der Waals surface area contributed by atoms with Crippen molar-refractivity contribution in [1.82, 2.24) is 24.4 Å². The molecule has 0 saturated carbocycles. The number of carbonyl (C=O) groups is 1. The van der Waals surface area contributed by atoms with E-state index in [1.165, 1.54) is 10.8 Å². The molecular formula is C30H29F2N7O3. The highest BCUT2D eigenvalue weighted by Crippen LogP contribution is 2.48. The first-order valence-electron chi connectivity index (χ1n) is 13.8. The van der Waals surface area contributed by atoms with Gasteiger partial charge in [0.25, 0.3) is 0 Å². The lowest BCUT2D eigenvalue weighted by atomic mass is 9.86. The molecule has 7 rings (SSSR count). The van der Waals surface area contributed by atoms with Crippen LogP contribution < -0.4 is 15.6 Å². The highest BCUT2D eigenvalue weighted by atomic mass is 19.2. The molecule has 3 N–H and O–H groups in total. The van der Waals surface area contributed by atoms with Crippen LogP contribution in [0.15, 0.2) is 35.5 Å². The van der Waals surface area contributed by atoms with E-state index in [-0.39, 0.29) is 21.8 Å². The topological polar surface area (TPSA) is 119 Å². The van der Waals surface area contributed by atoms with Gasteiger partial charge in [-0.1, -0.05) is 0 Å². The molecule has 0 aliphatic carbocycles. The van der Waals surface area contributed by atoms with Crippen LogP contribution >= 0.6 is 0 Å². The molecule has 0 bridgehead atoms. The van der Waals surface area contributed by atoms with Gasteiger partial charge in [0.05, 0.1) is 33.1 Å². The Morgan fingerprint density at radius 2 is 1.88 bits per heavy atom. The molecule has 1 unspecified atom stereocenters. The standard InChI is InChI=1S/C30H29F2N7O3/c1-33-20-9-19(31)23(32)21-22-25(39-7-5-30(14-39)4-6-37(2)13-30)17(11-34-27(22)36-24(20)21)15-8-16-26(40)18(29(41)42)12-38(3)28(16)35-10-15/h8-12,33H,4-7,13-14H2,1-3H3,(H,34,36)(H,41,42). The summed E-state index contributed by atoms with van der Waals surface area (Å²) < 4.78 is 32.1. The van der Waals surface area contributed by atoms with Crippen molar-refractivity contribution in [2.75, 3.05) is 50.5 Å². The van der Waals surface area contributed by atoms with E-state index in [1.807, 2.05) is 0 Å². The number of aryl methyl sites for hydroxylation is 1. The van der Waals surface area contributed by atoms with E-state index >= 15 is 4.39 Å². The summed E-state index contributed by atoms with van der Waals surface area (Å²) in [5, 5.41) is 13.2. The number of anilines is 2. The zero-order valence-electron chi connectivity index (χ0n) is 23.4. The van der Waals surface area contributed by atoms with Crippen LogP contribution in [0.3, 0.4) is 0 Å². The minimum Gasteiger partial charge on any atom is -0.477 e. The fourth-order valence-corrected chi connectivity index (χ4v) is 6.96. The lowest BCUT2D eigenvalue weighted by Crippen LogP contribution is -2.30. The molecule has 0 amide bonds. The number of fused-ring (bicyclic) bond motifs is 4. The molecule has 1 atom stereocenters. The van der Waals surface area contributed by atoms with Crippen molar-refractivity contribution in [3.63, 3.8) is 0 Å². The third kappa shape index (κ3) is 3.78. The average Bonchev–Trinajstić information content (AvgIpc) is 3.68. The number of pyridine rings is 3. The Balaban J connectivity index is 1.53. The number of H-pyrrole nitrogens is 1. The quantitative estimate of drug-likeness (QED) is 0.293. The summed E-state index contributed by atoms with van der Waals surface area (Å²) >= 11 is 0. The van der Waals surface area contributed by atoms with Crippen molar-refractivity contribution in [3.8, 4) is 11.1 Å². The Labute approximate surface area is 238 Å². The van der Waals surface area contributed by atoms with Crippen molar-refractivity contribution in [3.05, 3.63) is 58.1 Å². The van der Waals surface area contributed by atoms with E-state index in [2.05, 4.69) is 37.1 Å². The van der Waals surface area contributed by atoms with Gasteiger partial charge in [-0.05, 0) is 32.5 Å². The number of aromatic amines is 1. The lowest BCUT2D eigenvalue weighted by Gasteiger charge is -2.27. The zero-order valence-corrected chi connectivity index (χ0v) is 23.4. The van der Waals surface area contributed by atoms with Gasteiger partial charge in [0.1, 0.15) is 16.9 Å². The van der Waals surface area contributed by atoms with Gasteiger partial charge in [-0.15, -0.1) is 0 Å². The largest absolute Gasteiger partial charge is 0.477 e. The summed E-state index contributed by atoms with van der Waals surface area (Å²) in [6, 6.07) is 2.74. The number of carboxylic acid groups (broad SMARTS) is 1. The fraction of sp³-hybridized carbons (Fsp3) is 0.333. The van der Waals surface area contributed by atoms with Crippen LogP contribution in [0.4, 0.5) is 20.2 Å². The van der Waals surface area contributed by atoms with Crippen molar-refractivity contribution in [2.24, 2.45) is 12.5 Å². The Kier molecular flexibility index (Phi) is 5.78. The smallest absolute Gasteiger partial charge is 0.341 e. The molecule has 1 spiro atoms. The normalized spacial score (nSPS) is 19.2. The van der Waals surface area contributed by atoms with Gasteiger partial charge in [-0.3, -0.25) is 4.79 Å². The SMILES string of the molecule is CNc1cc(F)c(F)c2c1[nH]c1ncc(-c3cnc4c(c3)c(=O)c(C(=O)O)cn4C)c(N3CCC4(CCN(C)C4)C3)c12. The molecule has 5 aromatic rings. The first-order chi connectivity index (χ1) is 20.1. The summed E-state index contributed by atoms with van der Waals surface area (Å²) in [6.07, 6.45) is 6.49. The maximum absolute atomic E-state index is 15.7. The molecule has 10 nitrogen and oxygen atoms in total. The van der Waals surface area contributed by atoms with Gasteiger partial charge in [0.15, 0.2) is 11.6 Å². The van der Waals surface area contributed by atoms with E-state index in [0.29, 0.717) is 51.2 Å². The maximum atomic E-state index is 15.7. The number of aromatic nitrogens is 4. The lowest BCUT2D eigenvalue weighted by molar-refractivity contribution is 0.0695. The van der Waals surface area contributed by atoms with Crippen LogP contribution in [0.1, 0.15) is 23.2 Å². The Morgan fingerprint density at radius 3 is 2.60 bits per heavy atom. The number of nitrogens with zero attached hydrogens (tertiary/aromatic N) is 5. The number of hydrogen-bond donors (Lipinski definition) is 3. The van der Waals surface area contributed by atoms with Gasteiger partial charge in [-0.2, -0.15) is 0 Å². The first-order valence-corrected chi connectivity index (χ1v) is 13.8. The van der Waals surface area contributed by atoms with Crippen LogP contribution in [-0.4, -0.2) is 75.8 Å². The number of aromatic carboxylic acids is 1. The third-order valence-corrected chi connectivity index (χ3v) is 8.97. The Bertz CT molecular complexity index is 2020. The molecule has 2 saturated heterocycles. The molecule has 6 heterocycles. The number of hydrogen-bond acceptors (Lipinski definition) is 7. The predicted octanol–water partition coefficient (Wildman–Crippen LogP) is 4.18. The van der Waals surface area contributed by atoms with Gasteiger partial charge >= 0.3 is 5.97 Å². The third-order valence-electron chi connectivity index (χ3n) is 8.97. The molecule has 0 radical (unpaired) electrons. The van der Waals surface area contributed by atoms with Gasteiger partial charge in [0, 0.05) is 74.9 Å². The van der Waals surface area contributed by atoms with Crippen LogP contribution in [-0.2, 0) is 7.05 Å². The van der Waals surface area contributed by atoms with Crippen molar-refractivity contribution >= 4 is 50.3 Å². The van der Waals surface area contributed by atoms with Crippen LogP contribution in [0.5, 0.6) is 0 Å². The highest BCUT2D eigenvalue weighted by Gasteiger charge is 2.43. The summed E-state index contributed by atoms with van der Waals surface area (Å²) in [5.74, 6) is -3.27. The summed E-state index contributed by atoms with van der Waals surface area (Å²) in [5.41, 5.74) is 2.41. The van der Waals surface area contributed by atoms with Gasteiger partial charge in [0.2, 0.25) is 5.43 Å². The maximum Gasteiger partial charge on any atom is 0.341 e. The summed E-state index contributed by atoms with van der Waals surface area (Å²) in [6.45, 7) is 3.36. The van der Waals surface area contributed by atoms with Crippen molar-refractivity contribution in [2.45, 2.75) is 12.8 Å². The number of nitrogens with one attached hydrogen (secondary N) is 2. The first kappa shape index (κ1) is 26.3.